The van der Waals surface area contributed by atoms with Crippen molar-refractivity contribution in [1.29, 1.82) is 0 Å². The number of guanidine groups is 1. The van der Waals surface area contributed by atoms with Gasteiger partial charge in [-0.25, -0.2) is 4.98 Å². The molecule has 2 aromatic rings. The lowest BCUT2D eigenvalue weighted by Crippen LogP contribution is -2.39. The zero-order chi connectivity index (χ0) is 13.8. The molecular weight excluding hydrogens is 250 g/mol. The van der Waals surface area contributed by atoms with Crippen molar-refractivity contribution in [3.8, 4) is 0 Å². The van der Waals surface area contributed by atoms with Crippen molar-refractivity contribution in [1.82, 2.24) is 20.2 Å². The number of benzene rings is 1. The van der Waals surface area contributed by atoms with Gasteiger partial charge in [0, 0.05) is 26.7 Å². The van der Waals surface area contributed by atoms with Gasteiger partial charge in [-0.05, 0) is 30.9 Å². The van der Waals surface area contributed by atoms with Gasteiger partial charge < -0.3 is 15.2 Å². The predicted octanol–water partition coefficient (Wildman–Crippen LogP) is 1.61. The van der Waals surface area contributed by atoms with E-state index in [1.807, 2.05) is 31.6 Å². The lowest BCUT2D eigenvalue weighted by Gasteiger charge is -2.12. The Morgan fingerprint density at radius 2 is 2.20 bits per heavy atom. The zero-order valence-corrected chi connectivity index (χ0v) is 11.8. The Morgan fingerprint density at radius 3 is 3.00 bits per heavy atom. The maximum Gasteiger partial charge on any atom is 0.191 e. The van der Waals surface area contributed by atoms with Crippen LogP contribution in [0.25, 0.3) is 11.0 Å². The van der Waals surface area contributed by atoms with Crippen molar-refractivity contribution in [3.63, 3.8) is 0 Å². The molecule has 0 saturated heterocycles. The average molecular weight is 271 g/mol. The van der Waals surface area contributed by atoms with Gasteiger partial charge in [0.2, 0.25) is 0 Å². The van der Waals surface area contributed by atoms with Crippen molar-refractivity contribution in [2.24, 2.45) is 10.9 Å². The lowest BCUT2D eigenvalue weighted by atomic mass is 10.3. The van der Waals surface area contributed by atoms with Crippen molar-refractivity contribution in [2.45, 2.75) is 19.4 Å². The minimum atomic E-state index is 0.838. The van der Waals surface area contributed by atoms with Crippen LogP contribution in [0.2, 0.25) is 0 Å². The highest BCUT2D eigenvalue weighted by Gasteiger charge is 2.20. The summed E-state index contributed by atoms with van der Waals surface area (Å²) in [5, 5.41) is 6.71. The highest BCUT2D eigenvalue weighted by molar-refractivity contribution is 5.79. The molecule has 1 aliphatic rings. The molecule has 1 heterocycles. The fourth-order valence-corrected chi connectivity index (χ4v) is 2.27. The molecule has 2 N–H and O–H groups in total. The summed E-state index contributed by atoms with van der Waals surface area (Å²) in [6.07, 6.45) is 4.60. The van der Waals surface area contributed by atoms with Gasteiger partial charge in [0.15, 0.2) is 5.96 Å². The number of aromatic nitrogens is 2. The minimum absolute atomic E-state index is 0.838. The Morgan fingerprint density at radius 1 is 1.35 bits per heavy atom. The summed E-state index contributed by atoms with van der Waals surface area (Å²) in [5.41, 5.74) is 2.22. The average Bonchev–Trinajstić information content (AvgIpc) is 3.23. The molecule has 0 bridgehead atoms. The van der Waals surface area contributed by atoms with Gasteiger partial charge in [-0.15, -0.1) is 0 Å². The number of fused-ring (bicyclic) bond motifs is 1. The molecule has 5 heteroatoms. The van der Waals surface area contributed by atoms with Crippen LogP contribution in [0, 0.1) is 5.92 Å². The number of hydrogen-bond acceptors (Lipinski definition) is 2. The monoisotopic (exact) mass is 271 g/mol. The molecule has 0 spiro atoms. The maximum atomic E-state index is 4.39. The molecule has 20 heavy (non-hydrogen) atoms. The number of nitrogens with one attached hydrogen (secondary N) is 2. The molecule has 0 unspecified atom stereocenters. The van der Waals surface area contributed by atoms with E-state index in [0.717, 1.165) is 37.0 Å². The standard InChI is InChI=1S/C15H21N5/c1-16-15(18-10-12-6-7-12)17-8-9-20-11-19-13-4-2-3-5-14(13)20/h2-5,11-12H,6-10H2,1H3,(H2,16,17,18). The third-order valence-corrected chi connectivity index (χ3v) is 3.65. The molecule has 106 valence electrons. The van der Waals surface area contributed by atoms with Crippen LogP contribution in [0.1, 0.15) is 12.8 Å². The largest absolute Gasteiger partial charge is 0.356 e. The van der Waals surface area contributed by atoms with Gasteiger partial charge in [-0.3, -0.25) is 4.99 Å². The molecule has 1 aliphatic carbocycles. The second-order valence-corrected chi connectivity index (χ2v) is 5.25. The van der Waals surface area contributed by atoms with E-state index in [1.165, 1.54) is 18.4 Å². The highest BCUT2D eigenvalue weighted by atomic mass is 15.2. The van der Waals surface area contributed by atoms with E-state index in [2.05, 4.69) is 31.2 Å². The summed E-state index contributed by atoms with van der Waals surface area (Å²) in [6, 6.07) is 8.20. The Bertz CT molecular complexity index is 597. The Hall–Kier alpha value is -2.04. The molecular formula is C15H21N5. The van der Waals surface area contributed by atoms with Gasteiger partial charge in [-0.2, -0.15) is 0 Å². The first-order valence-electron chi connectivity index (χ1n) is 7.21. The zero-order valence-electron chi connectivity index (χ0n) is 11.8. The Labute approximate surface area is 119 Å². The highest BCUT2D eigenvalue weighted by Crippen LogP contribution is 2.27. The third kappa shape index (κ3) is 3.10. The van der Waals surface area contributed by atoms with E-state index >= 15 is 0 Å². The molecule has 1 saturated carbocycles. The van der Waals surface area contributed by atoms with Crippen LogP contribution in [0.5, 0.6) is 0 Å². The second kappa shape index (κ2) is 5.94. The van der Waals surface area contributed by atoms with Crippen LogP contribution >= 0.6 is 0 Å². The SMILES string of the molecule is CN=C(NCCn1cnc2ccccc21)NCC1CC1. The van der Waals surface area contributed by atoms with E-state index in [-0.39, 0.29) is 0 Å². The molecule has 1 fully saturated rings. The number of para-hydroxylation sites is 2. The molecule has 5 nitrogen and oxygen atoms in total. The molecule has 1 aromatic heterocycles. The van der Waals surface area contributed by atoms with Gasteiger partial charge in [0.25, 0.3) is 0 Å². The Kier molecular flexibility index (Phi) is 3.85. The summed E-state index contributed by atoms with van der Waals surface area (Å²) in [5.74, 6) is 1.74. The predicted molar refractivity (Wildman–Crippen MR) is 81.8 cm³/mol. The number of nitrogens with zero attached hydrogens (tertiary/aromatic N) is 3. The number of imidazole rings is 1. The minimum Gasteiger partial charge on any atom is -0.356 e. The quantitative estimate of drug-likeness (QED) is 0.642. The third-order valence-electron chi connectivity index (χ3n) is 3.65. The molecule has 3 rings (SSSR count). The van der Waals surface area contributed by atoms with E-state index in [9.17, 15) is 0 Å². The molecule has 0 aliphatic heterocycles. The van der Waals surface area contributed by atoms with Gasteiger partial charge >= 0.3 is 0 Å². The summed E-state index contributed by atoms with van der Waals surface area (Å²) in [7, 11) is 1.81. The van der Waals surface area contributed by atoms with Crippen LogP contribution in [-0.2, 0) is 6.54 Å². The summed E-state index contributed by atoms with van der Waals surface area (Å²) in [4.78, 5) is 8.63. The first kappa shape index (κ1) is 13.0. The number of rotatable bonds is 5. The first-order valence-corrected chi connectivity index (χ1v) is 7.21. The van der Waals surface area contributed by atoms with Crippen LogP contribution in [0.3, 0.4) is 0 Å². The van der Waals surface area contributed by atoms with E-state index in [1.54, 1.807) is 0 Å². The second-order valence-electron chi connectivity index (χ2n) is 5.25. The van der Waals surface area contributed by atoms with Crippen molar-refractivity contribution >= 4 is 17.0 Å². The van der Waals surface area contributed by atoms with Crippen LogP contribution < -0.4 is 10.6 Å². The number of aliphatic imine (C=N–C) groups is 1. The summed E-state index contributed by atoms with van der Waals surface area (Å²) < 4.78 is 2.16. The van der Waals surface area contributed by atoms with Crippen LogP contribution in [-0.4, -0.2) is 35.6 Å². The van der Waals surface area contributed by atoms with E-state index in [4.69, 9.17) is 0 Å². The summed E-state index contributed by atoms with van der Waals surface area (Å²) in [6.45, 7) is 2.75. The normalized spacial score (nSPS) is 15.6. The van der Waals surface area contributed by atoms with Gasteiger partial charge in [-0.1, -0.05) is 12.1 Å². The lowest BCUT2D eigenvalue weighted by molar-refractivity contribution is 0.668. The summed E-state index contributed by atoms with van der Waals surface area (Å²) >= 11 is 0. The van der Waals surface area contributed by atoms with E-state index in [0.29, 0.717) is 0 Å². The van der Waals surface area contributed by atoms with E-state index < -0.39 is 0 Å². The molecule has 0 radical (unpaired) electrons. The maximum absolute atomic E-state index is 4.39. The Balaban J connectivity index is 1.51. The topological polar surface area (TPSA) is 54.2 Å². The van der Waals surface area contributed by atoms with Crippen LogP contribution in [0.15, 0.2) is 35.6 Å². The fraction of sp³-hybridized carbons (Fsp3) is 0.467. The fourth-order valence-electron chi connectivity index (χ4n) is 2.27. The van der Waals surface area contributed by atoms with Crippen molar-refractivity contribution in [3.05, 3.63) is 30.6 Å². The van der Waals surface area contributed by atoms with Gasteiger partial charge in [0.1, 0.15) is 0 Å². The number of hydrogen-bond donors (Lipinski definition) is 2. The van der Waals surface area contributed by atoms with Crippen molar-refractivity contribution in [2.75, 3.05) is 20.1 Å². The van der Waals surface area contributed by atoms with Gasteiger partial charge in [0.05, 0.1) is 17.4 Å². The molecule has 0 amide bonds. The molecule has 0 atom stereocenters. The van der Waals surface area contributed by atoms with Crippen LogP contribution in [0.4, 0.5) is 0 Å². The first-order chi connectivity index (χ1) is 9.86. The van der Waals surface area contributed by atoms with Crippen molar-refractivity contribution < 1.29 is 0 Å². The molecule has 1 aromatic carbocycles. The smallest absolute Gasteiger partial charge is 0.191 e.